The van der Waals surface area contributed by atoms with E-state index in [1.807, 2.05) is 11.8 Å². The minimum Gasteiger partial charge on any atom is -0.442 e. The highest BCUT2D eigenvalue weighted by Crippen LogP contribution is 2.39. The molecule has 0 aromatic heterocycles. The molecule has 3 saturated heterocycles. The molecule has 3 fully saturated rings. The minimum atomic E-state index is -0.514. The Morgan fingerprint density at radius 3 is 2.69 bits per heavy atom. The molecule has 8 heteroatoms. The first-order chi connectivity index (χ1) is 12.5. The number of anilines is 2. The van der Waals surface area contributed by atoms with Crippen LogP contribution in [-0.2, 0) is 9.53 Å². The number of nitrogens with zero attached hydrogens (tertiary/aromatic N) is 2. The van der Waals surface area contributed by atoms with Gasteiger partial charge in [0.25, 0.3) is 0 Å². The number of halogens is 1. The number of hydrogen-bond acceptors (Lipinski definition) is 5. The van der Waals surface area contributed by atoms with Crippen LogP contribution < -0.4 is 15.1 Å². The van der Waals surface area contributed by atoms with Gasteiger partial charge >= 0.3 is 6.09 Å². The van der Waals surface area contributed by atoms with Crippen molar-refractivity contribution in [2.24, 2.45) is 11.8 Å². The van der Waals surface area contributed by atoms with Gasteiger partial charge in [-0.2, -0.15) is 11.8 Å². The summed E-state index contributed by atoms with van der Waals surface area (Å²) in [7, 11) is 0. The number of hydrogen-bond donors (Lipinski definition) is 1. The van der Waals surface area contributed by atoms with Gasteiger partial charge in [0.05, 0.1) is 24.5 Å². The first kappa shape index (κ1) is 17.5. The summed E-state index contributed by atoms with van der Waals surface area (Å²) in [5.74, 6) is 3.15. The lowest BCUT2D eigenvalue weighted by Gasteiger charge is -2.22. The van der Waals surface area contributed by atoms with E-state index >= 15 is 0 Å². The molecular weight excluding hydrogens is 357 g/mol. The number of fused-ring (bicyclic) bond motifs is 1. The van der Waals surface area contributed by atoms with Crippen LogP contribution in [-0.4, -0.2) is 55.8 Å². The molecule has 0 spiro atoms. The van der Waals surface area contributed by atoms with E-state index in [2.05, 4.69) is 10.2 Å². The van der Waals surface area contributed by atoms with E-state index in [-0.39, 0.29) is 18.3 Å². The quantitative estimate of drug-likeness (QED) is 0.868. The molecule has 1 aromatic carbocycles. The first-order valence-electron chi connectivity index (χ1n) is 8.86. The van der Waals surface area contributed by atoms with E-state index < -0.39 is 12.2 Å². The zero-order valence-corrected chi connectivity index (χ0v) is 15.4. The van der Waals surface area contributed by atoms with E-state index in [9.17, 15) is 14.0 Å². The molecular formula is C18H22FN3O3S. The lowest BCUT2D eigenvalue weighted by molar-refractivity contribution is -0.119. The summed E-state index contributed by atoms with van der Waals surface area (Å²) in [4.78, 5) is 26.6. The van der Waals surface area contributed by atoms with Gasteiger partial charge in [0.2, 0.25) is 5.91 Å². The zero-order valence-electron chi connectivity index (χ0n) is 14.6. The second-order valence-electron chi connectivity index (χ2n) is 7.15. The molecule has 1 aromatic rings. The second kappa shape index (κ2) is 6.98. The van der Waals surface area contributed by atoms with E-state index in [0.717, 1.165) is 24.6 Å². The fourth-order valence-corrected chi connectivity index (χ4v) is 5.40. The summed E-state index contributed by atoms with van der Waals surface area (Å²) < 4.78 is 20.0. The van der Waals surface area contributed by atoms with Crippen LogP contribution >= 0.6 is 11.8 Å². The summed E-state index contributed by atoms with van der Waals surface area (Å²) in [6.45, 7) is 3.76. The number of benzene rings is 1. The highest BCUT2D eigenvalue weighted by molar-refractivity contribution is 7.99. The van der Waals surface area contributed by atoms with Crippen molar-refractivity contribution in [2.75, 3.05) is 47.5 Å². The molecule has 2 unspecified atom stereocenters. The van der Waals surface area contributed by atoms with Gasteiger partial charge in [-0.3, -0.25) is 9.69 Å². The highest BCUT2D eigenvalue weighted by atomic mass is 32.2. The van der Waals surface area contributed by atoms with Crippen molar-refractivity contribution >= 4 is 35.1 Å². The lowest BCUT2D eigenvalue weighted by Crippen LogP contribution is -2.33. The molecule has 3 heterocycles. The van der Waals surface area contributed by atoms with Gasteiger partial charge in [0, 0.05) is 20.0 Å². The molecule has 1 N–H and O–H groups in total. The average Bonchev–Trinajstić information content (AvgIpc) is 3.27. The van der Waals surface area contributed by atoms with Gasteiger partial charge in [0.1, 0.15) is 11.9 Å². The molecule has 3 aliphatic rings. The Kier molecular flexibility index (Phi) is 4.69. The van der Waals surface area contributed by atoms with Crippen LogP contribution in [0.2, 0.25) is 0 Å². The molecule has 140 valence electrons. The van der Waals surface area contributed by atoms with Crippen molar-refractivity contribution < 1.29 is 18.7 Å². The van der Waals surface area contributed by atoms with Gasteiger partial charge in [-0.05, 0) is 41.5 Å². The first-order valence-corrected chi connectivity index (χ1v) is 10.0. The monoisotopic (exact) mass is 379 g/mol. The van der Waals surface area contributed by atoms with Gasteiger partial charge in [0.15, 0.2) is 0 Å². The number of rotatable bonds is 4. The van der Waals surface area contributed by atoms with Crippen LogP contribution in [0.4, 0.5) is 20.6 Å². The van der Waals surface area contributed by atoms with E-state index in [0.29, 0.717) is 29.8 Å². The van der Waals surface area contributed by atoms with Crippen LogP contribution in [0.25, 0.3) is 0 Å². The molecule has 3 atom stereocenters. The second-order valence-corrected chi connectivity index (χ2v) is 8.23. The molecule has 26 heavy (non-hydrogen) atoms. The number of carbonyl (C=O) groups is 2. The number of carbonyl (C=O) groups excluding carboxylic acids is 2. The highest BCUT2D eigenvalue weighted by Gasteiger charge is 2.38. The third-order valence-electron chi connectivity index (χ3n) is 5.28. The minimum absolute atomic E-state index is 0.177. The Hall–Kier alpha value is -1.96. The summed E-state index contributed by atoms with van der Waals surface area (Å²) in [5.41, 5.74) is 1.09. The lowest BCUT2D eigenvalue weighted by atomic mass is 10.0. The topological polar surface area (TPSA) is 61.9 Å². The maximum atomic E-state index is 14.7. The maximum absolute atomic E-state index is 14.7. The predicted molar refractivity (Wildman–Crippen MR) is 99.2 cm³/mol. The molecule has 6 nitrogen and oxygen atoms in total. The van der Waals surface area contributed by atoms with Crippen molar-refractivity contribution in [3.05, 3.63) is 24.0 Å². The third-order valence-corrected chi connectivity index (χ3v) is 6.60. The molecule has 2 amide bonds. The molecule has 3 aliphatic heterocycles. The summed E-state index contributed by atoms with van der Waals surface area (Å²) >= 11 is 1.99. The summed E-state index contributed by atoms with van der Waals surface area (Å²) in [5, 5.41) is 2.63. The molecule has 0 saturated carbocycles. The van der Waals surface area contributed by atoms with Crippen LogP contribution in [0.5, 0.6) is 0 Å². The Morgan fingerprint density at radius 1 is 1.31 bits per heavy atom. The number of amides is 2. The van der Waals surface area contributed by atoms with E-state index in [1.165, 1.54) is 17.9 Å². The normalized spacial score (nSPS) is 27.6. The summed E-state index contributed by atoms with van der Waals surface area (Å²) in [6.07, 6.45) is -0.940. The Balaban J connectivity index is 1.44. The number of ether oxygens (including phenoxy) is 1. The predicted octanol–water partition coefficient (Wildman–Crippen LogP) is 2.09. The fourth-order valence-electron chi connectivity index (χ4n) is 3.90. The van der Waals surface area contributed by atoms with Gasteiger partial charge in [-0.15, -0.1) is 0 Å². The van der Waals surface area contributed by atoms with E-state index in [4.69, 9.17) is 4.74 Å². The standard InChI is InChI=1S/C18H22FN3O3S/c1-11(23)20-5-15-8-22(18(24)25-15)14-2-3-17(16(19)4-14)21-6-12-9-26-10-13(12)7-21/h2-4,12-13,15H,5-10H2,1H3,(H,20,23)/t12?,13?,15-/m0/s1. The third kappa shape index (κ3) is 3.34. The summed E-state index contributed by atoms with van der Waals surface area (Å²) in [6, 6.07) is 4.93. The smallest absolute Gasteiger partial charge is 0.414 e. The van der Waals surface area contributed by atoms with Crippen molar-refractivity contribution in [1.29, 1.82) is 0 Å². The maximum Gasteiger partial charge on any atom is 0.414 e. The number of cyclic esters (lactones) is 1. The van der Waals surface area contributed by atoms with Crippen LogP contribution in [0, 0.1) is 17.7 Å². The Bertz CT molecular complexity index is 720. The number of thioether (sulfide) groups is 1. The Labute approximate surface area is 156 Å². The van der Waals surface area contributed by atoms with Gasteiger partial charge in [-0.1, -0.05) is 0 Å². The van der Waals surface area contributed by atoms with Crippen LogP contribution in [0.15, 0.2) is 18.2 Å². The fraction of sp³-hybridized carbons (Fsp3) is 0.556. The Morgan fingerprint density at radius 2 is 2.04 bits per heavy atom. The van der Waals surface area contributed by atoms with Crippen LogP contribution in [0.1, 0.15) is 6.92 Å². The molecule has 0 radical (unpaired) electrons. The number of nitrogens with one attached hydrogen (secondary N) is 1. The van der Waals surface area contributed by atoms with Crippen molar-refractivity contribution in [3.8, 4) is 0 Å². The van der Waals surface area contributed by atoms with Crippen LogP contribution in [0.3, 0.4) is 0 Å². The molecule has 0 aliphatic carbocycles. The zero-order chi connectivity index (χ0) is 18.3. The van der Waals surface area contributed by atoms with Crippen molar-refractivity contribution in [1.82, 2.24) is 5.32 Å². The van der Waals surface area contributed by atoms with Crippen molar-refractivity contribution in [2.45, 2.75) is 13.0 Å². The molecule has 4 rings (SSSR count). The van der Waals surface area contributed by atoms with Gasteiger partial charge in [-0.25, -0.2) is 9.18 Å². The molecule has 0 bridgehead atoms. The van der Waals surface area contributed by atoms with Crippen molar-refractivity contribution in [3.63, 3.8) is 0 Å². The largest absolute Gasteiger partial charge is 0.442 e. The average molecular weight is 379 g/mol. The van der Waals surface area contributed by atoms with E-state index in [1.54, 1.807) is 12.1 Å². The van der Waals surface area contributed by atoms with Gasteiger partial charge < -0.3 is 15.0 Å². The SMILES string of the molecule is CC(=O)NC[C@H]1CN(c2ccc(N3CC4CSCC4C3)c(F)c2)C(=O)O1.